The molecule has 3 aromatic rings. The number of thiazole rings is 1. The van der Waals surface area contributed by atoms with Crippen molar-refractivity contribution in [1.29, 1.82) is 0 Å². The summed E-state index contributed by atoms with van der Waals surface area (Å²) in [6, 6.07) is 11.0. The third kappa shape index (κ3) is 4.64. The van der Waals surface area contributed by atoms with Crippen molar-refractivity contribution in [1.82, 2.24) is 9.47 Å². The maximum absolute atomic E-state index is 13.2. The Bertz CT molecular complexity index is 1610. The van der Waals surface area contributed by atoms with E-state index in [0.717, 1.165) is 23.1 Å². The molecule has 2 aliphatic heterocycles. The van der Waals surface area contributed by atoms with Gasteiger partial charge in [0.15, 0.2) is 0 Å². The first-order valence-corrected chi connectivity index (χ1v) is 13.7. The molecule has 3 heterocycles. The maximum atomic E-state index is 13.2. The largest absolute Gasteiger partial charge is 0.508 e. The van der Waals surface area contributed by atoms with Crippen LogP contribution in [0.15, 0.2) is 58.4 Å². The molecule has 2 aromatic carbocycles. The number of nitrogens with one attached hydrogen (secondary N) is 1. The minimum atomic E-state index is -1.21. The summed E-state index contributed by atoms with van der Waals surface area (Å²) >= 11 is 1.71. The summed E-state index contributed by atoms with van der Waals surface area (Å²) < 4.78 is 6.14. The van der Waals surface area contributed by atoms with Gasteiger partial charge in [-0.15, -0.1) is 0 Å². The standard InChI is InChI=1S/C26H22N4O8S2/c1-2-38-24(35)12-7-9-13(10-8-12)28-16(32)11-29-23-20(40-26(29)37)17(14-5-3-4-6-15(14)31)18-19(39-23)22(34)30(21(18)33)25(27)36/h3-10,17-19,31H,2,11H2,1H3,(H2,27,36)(H,28,32)/t17-,18?,19?/m0/s1. The Morgan fingerprint density at radius 1 is 1.05 bits per heavy atom. The molecule has 14 heteroatoms. The lowest BCUT2D eigenvalue weighted by atomic mass is 9.82. The maximum Gasteiger partial charge on any atom is 0.338 e. The summed E-state index contributed by atoms with van der Waals surface area (Å²) in [5.74, 6) is -4.87. The fourth-order valence-corrected chi connectivity index (χ4v) is 7.57. The second-order valence-corrected chi connectivity index (χ2v) is 11.0. The second-order valence-electron chi connectivity index (χ2n) is 8.92. The monoisotopic (exact) mass is 582 g/mol. The van der Waals surface area contributed by atoms with Crippen molar-refractivity contribution in [2.45, 2.75) is 29.7 Å². The van der Waals surface area contributed by atoms with Crippen LogP contribution in [-0.2, 0) is 25.7 Å². The Kier molecular flexibility index (Phi) is 7.21. The van der Waals surface area contributed by atoms with E-state index in [0.29, 0.717) is 26.6 Å². The van der Waals surface area contributed by atoms with Gasteiger partial charge in [-0.2, -0.15) is 4.90 Å². The highest BCUT2D eigenvalue weighted by Crippen LogP contribution is 2.54. The van der Waals surface area contributed by atoms with Crippen LogP contribution in [0, 0.1) is 5.92 Å². The highest BCUT2D eigenvalue weighted by atomic mass is 32.2. The molecular weight excluding hydrogens is 560 g/mol. The molecule has 2 unspecified atom stereocenters. The van der Waals surface area contributed by atoms with Gasteiger partial charge in [0.25, 0.3) is 5.91 Å². The molecule has 2 aliphatic rings. The van der Waals surface area contributed by atoms with E-state index in [2.05, 4.69) is 5.32 Å². The van der Waals surface area contributed by atoms with Crippen LogP contribution < -0.4 is 15.9 Å². The molecule has 12 nitrogen and oxygen atoms in total. The van der Waals surface area contributed by atoms with Crippen molar-refractivity contribution < 1.29 is 33.8 Å². The molecule has 0 saturated carbocycles. The molecule has 206 valence electrons. The number of hydrogen-bond acceptors (Lipinski definition) is 10. The van der Waals surface area contributed by atoms with Crippen LogP contribution >= 0.6 is 23.1 Å². The number of esters is 1. The topological polar surface area (TPSA) is 178 Å². The lowest BCUT2D eigenvalue weighted by molar-refractivity contribution is -0.135. The second kappa shape index (κ2) is 10.6. The van der Waals surface area contributed by atoms with Crippen LogP contribution in [0.25, 0.3) is 0 Å². The number of fused-ring (bicyclic) bond motifs is 2. The highest BCUT2D eigenvalue weighted by Gasteiger charge is 2.58. The number of hydrogen-bond donors (Lipinski definition) is 3. The van der Waals surface area contributed by atoms with Crippen LogP contribution in [0.5, 0.6) is 5.75 Å². The van der Waals surface area contributed by atoms with Crippen molar-refractivity contribution in [3.63, 3.8) is 0 Å². The molecule has 1 aromatic heterocycles. The average molecular weight is 583 g/mol. The molecule has 0 bridgehead atoms. The Hall–Kier alpha value is -4.43. The predicted octanol–water partition coefficient (Wildman–Crippen LogP) is 2.10. The zero-order valence-electron chi connectivity index (χ0n) is 20.9. The first-order valence-electron chi connectivity index (χ1n) is 12.0. The number of likely N-dealkylation sites (tertiary alicyclic amines) is 1. The van der Waals surface area contributed by atoms with Gasteiger partial charge in [0.1, 0.15) is 17.5 Å². The first kappa shape index (κ1) is 27.1. The summed E-state index contributed by atoms with van der Waals surface area (Å²) in [5.41, 5.74) is 6.30. The van der Waals surface area contributed by atoms with Crippen LogP contribution in [0.2, 0.25) is 0 Å². The van der Waals surface area contributed by atoms with Gasteiger partial charge in [0.2, 0.25) is 11.8 Å². The highest BCUT2D eigenvalue weighted by molar-refractivity contribution is 8.00. The third-order valence-corrected chi connectivity index (χ3v) is 9.13. The smallest absolute Gasteiger partial charge is 0.338 e. The van der Waals surface area contributed by atoms with Gasteiger partial charge in [0, 0.05) is 22.0 Å². The number of carbonyl (C=O) groups excluding carboxylic acids is 5. The van der Waals surface area contributed by atoms with Crippen molar-refractivity contribution in [2.24, 2.45) is 11.7 Å². The molecule has 0 aliphatic carbocycles. The van der Waals surface area contributed by atoms with Gasteiger partial charge in [0.05, 0.1) is 23.1 Å². The van der Waals surface area contributed by atoms with Gasteiger partial charge in [-0.05, 0) is 37.3 Å². The van der Waals surface area contributed by atoms with E-state index in [4.69, 9.17) is 10.5 Å². The molecule has 1 saturated heterocycles. The summed E-state index contributed by atoms with van der Waals surface area (Å²) in [5, 5.41) is 12.5. The van der Waals surface area contributed by atoms with E-state index < -0.39 is 58.2 Å². The fourth-order valence-electron chi connectivity index (χ4n) is 4.81. The number of aromatic nitrogens is 1. The number of imide groups is 3. The average Bonchev–Trinajstić information content (AvgIpc) is 3.36. The Balaban J connectivity index is 1.48. The Labute approximate surface area is 234 Å². The minimum Gasteiger partial charge on any atom is -0.508 e. The molecule has 4 N–H and O–H groups in total. The number of amides is 5. The fraction of sp³-hybridized carbons (Fsp3) is 0.231. The summed E-state index contributed by atoms with van der Waals surface area (Å²) in [6.07, 6.45) is 0. The minimum absolute atomic E-state index is 0.154. The molecule has 3 atom stereocenters. The quantitative estimate of drug-likeness (QED) is 0.290. The molecule has 0 spiro atoms. The summed E-state index contributed by atoms with van der Waals surface area (Å²) in [6.45, 7) is 1.50. The molecule has 0 radical (unpaired) electrons. The number of phenolic OH excluding ortho intramolecular Hbond substituents is 1. The number of rotatable bonds is 6. The molecule has 5 amide bonds. The predicted molar refractivity (Wildman–Crippen MR) is 144 cm³/mol. The third-order valence-electron chi connectivity index (χ3n) is 6.52. The van der Waals surface area contributed by atoms with E-state index in [-0.39, 0.29) is 17.4 Å². The van der Waals surface area contributed by atoms with Crippen molar-refractivity contribution in [2.75, 3.05) is 11.9 Å². The van der Waals surface area contributed by atoms with E-state index in [1.54, 1.807) is 25.1 Å². The molecular formula is C26H22N4O8S2. The van der Waals surface area contributed by atoms with Gasteiger partial charge in [-0.3, -0.25) is 23.7 Å². The number of thioether (sulfide) groups is 1. The van der Waals surface area contributed by atoms with Crippen molar-refractivity contribution in [3.8, 4) is 5.75 Å². The van der Waals surface area contributed by atoms with E-state index >= 15 is 0 Å². The van der Waals surface area contributed by atoms with Gasteiger partial charge in [-0.1, -0.05) is 41.3 Å². The van der Waals surface area contributed by atoms with Crippen LogP contribution in [0.1, 0.15) is 33.6 Å². The number of primary amides is 1. The number of aromatic hydroxyl groups is 1. The number of nitrogens with two attached hydrogens (primary N) is 1. The number of ether oxygens (including phenoxy) is 1. The number of urea groups is 1. The van der Waals surface area contributed by atoms with Gasteiger partial charge in [-0.25, -0.2) is 9.59 Å². The SMILES string of the molecule is CCOC(=O)c1ccc(NC(=O)Cn2c3c(sc2=O)[C@@H](c2ccccc2O)C2C(=O)N(C(N)=O)C(=O)C2S3)cc1. The zero-order chi connectivity index (χ0) is 28.7. The Morgan fingerprint density at radius 3 is 2.40 bits per heavy atom. The number of para-hydroxylation sites is 1. The first-order chi connectivity index (χ1) is 19.1. The number of phenols is 1. The van der Waals surface area contributed by atoms with Crippen molar-refractivity contribution >= 4 is 58.5 Å². The molecule has 5 rings (SSSR count). The number of anilines is 1. The number of carbonyl (C=O) groups is 5. The van der Waals surface area contributed by atoms with Gasteiger partial charge < -0.3 is 20.9 Å². The zero-order valence-corrected chi connectivity index (χ0v) is 22.5. The van der Waals surface area contributed by atoms with Crippen LogP contribution in [0.3, 0.4) is 0 Å². The number of benzene rings is 2. The number of nitrogens with zero attached hydrogens (tertiary/aromatic N) is 2. The lowest BCUT2D eigenvalue weighted by Gasteiger charge is -2.31. The summed E-state index contributed by atoms with van der Waals surface area (Å²) in [7, 11) is 0. The van der Waals surface area contributed by atoms with E-state index in [9.17, 15) is 33.9 Å². The van der Waals surface area contributed by atoms with E-state index in [1.165, 1.54) is 34.9 Å². The Morgan fingerprint density at radius 2 is 1.75 bits per heavy atom. The summed E-state index contributed by atoms with van der Waals surface area (Å²) in [4.78, 5) is 76.4. The molecule has 1 fully saturated rings. The normalized spacial score (nSPS) is 19.6. The van der Waals surface area contributed by atoms with Crippen LogP contribution in [-0.4, -0.2) is 56.2 Å². The van der Waals surface area contributed by atoms with Crippen molar-refractivity contribution in [3.05, 3.63) is 74.2 Å². The molecule has 40 heavy (non-hydrogen) atoms. The van der Waals surface area contributed by atoms with E-state index in [1.807, 2.05) is 0 Å². The van der Waals surface area contributed by atoms with Crippen LogP contribution in [0.4, 0.5) is 10.5 Å². The lowest BCUT2D eigenvalue weighted by Crippen LogP contribution is -2.41. The van der Waals surface area contributed by atoms with Gasteiger partial charge >= 0.3 is 16.9 Å².